The van der Waals surface area contributed by atoms with Crippen molar-refractivity contribution in [1.82, 2.24) is 35.1 Å². The molecule has 1 saturated heterocycles. The molecule has 0 bridgehead atoms. The first-order valence-electron chi connectivity index (χ1n) is 6.85. The molecule has 0 aliphatic carbocycles. The Morgan fingerprint density at radius 3 is 3.19 bits per heavy atom. The van der Waals surface area contributed by atoms with E-state index >= 15 is 0 Å². The normalized spacial score (nSPS) is 18.9. The molecule has 1 atom stereocenters. The van der Waals surface area contributed by atoms with Crippen LogP contribution in [0.4, 0.5) is 0 Å². The highest BCUT2D eigenvalue weighted by Gasteiger charge is 2.27. The van der Waals surface area contributed by atoms with Gasteiger partial charge in [-0.15, -0.1) is 5.10 Å². The van der Waals surface area contributed by atoms with Crippen molar-refractivity contribution in [2.24, 2.45) is 0 Å². The van der Waals surface area contributed by atoms with Crippen molar-refractivity contribution in [2.75, 3.05) is 19.7 Å². The maximum atomic E-state index is 12.2. The van der Waals surface area contributed by atoms with Crippen molar-refractivity contribution < 1.29 is 9.53 Å². The number of carbonyl (C=O) groups excluding carboxylic acids is 1. The summed E-state index contributed by atoms with van der Waals surface area (Å²) in [5, 5.41) is 14.4. The summed E-state index contributed by atoms with van der Waals surface area (Å²) >= 11 is 0. The van der Waals surface area contributed by atoms with Crippen molar-refractivity contribution in [3.05, 3.63) is 24.0 Å². The van der Waals surface area contributed by atoms with Crippen LogP contribution in [-0.2, 0) is 16.1 Å². The van der Waals surface area contributed by atoms with Crippen molar-refractivity contribution in [1.29, 1.82) is 0 Å². The highest BCUT2D eigenvalue weighted by Crippen LogP contribution is 2.19. The van der Waals surface area contributed by atoms with E-state index in [1.807, 2.05) is 6.92 Å². The van der Waals surface area contributed by atoms with Crippen LogP contribution in [0, 0.1) is 6.92 Å². The summed E-state index contributed by atoms with van der Waals surface area (Å²) in [5.74, 6) is 1.41. The SMILES string of the molecule is Cc1nc(C2CN(C(=O)CCn3ccnn3)CCO2)n[nH]1. The Morgan fingerprint density at radius 1 is 1.57 bits per heavy atom. The molecule has 0 saturated carbocycles. The zero-order chi connectivity index (χ0) is 14.7. The number of carbonyl (C=O) groups is 1. The minimum atomic E-state index is -0.265. The molecule has 3 rings (SSSR count). The third-order valence-electron chi connectivity index (χ3n) is 3.35. The molecule has 2 aromatic rings. The van der Waals surface area contributed by atoms with Gasteiger partial charge in [0.1, 0.15) is 11.9 Å². The van der Waals surface area contributed by atoms with E-state index in [-0.39, 0.29) is 12.0 Å². The summed E-state index contributed by atoms with van der Waals surface area (Å²) in [6.07, 6.45) is 3.47. The maximum Gasteiger partial charge on any atom is 0.224 e. The lowest BCUT2D eigenvalue weighted by Gasteiger charge is -2.31. The van der Waals surface area contributed by atoms with Crippen LogP contribution in [0.3, 0.4) is 0 Å². The van der Waals surface area contributed by atoms with Crippen molar-refractivity contribution in [3.63, 3.8) is 0 Å². The summed E-state index contributed by atoms with van der Waals surface area (Å²) in [6, 6.07) is 0. The van der Waals surface area contributed by atoms with Gasteiger partial charge in [-0.3, -0.25) is 14.6 Å². The van der Waals surface area contributed by atoms with E-state index in [1.54, 1.807) is 22.0 Å². The maximum absolute atomic E-state index is 12.2. The molecule has 1 amide bonds. The molecule has 9 heteroatoms. The Balaban J connectivity index is 1.56. The fourth-order valence-corrected chi connectivity index (χ4v) is 2.26. The first kappa shape index (κ1) is 13.7. The number of amides is 1. The molecule has 9 nitrogen and oxygen atoms in total. The number of hydrogen-bond donors (Lipinski definition) is 1. The third-order valence-corrected chi connectivity index (χ3v) is 3.35. The molecule has 1 N–H and O–H groups in total. The zero-order valence-electron chi connectivity index (χ0n) is 11.8. The van der Waals surface area contributed by atoms with Crippen molar-refractivity contribution in [2.45, 2.75) is 26.0 Å². The standard InChI is InChI=1S/C12H17N7O2/c1-9-14-12(16-15-9)10-8-18(6-7-21-10)11(20)2-4-19-5-3-13-17-19/h3,5,10H,2,4,6-8H2,1H3,(H,14,15,16). The number of ether oxygens (including phenoxy) is 1. The fraction of sp³-hybridized carbons (Fsp3) is 0.583. The second-order valence-corrected chi connectivity index (χ2v) is 4.89. The van der Waals surface area contributed by atoms with E-state index in [4.69, 9.17) is 4.74 Å². The van der Waals surface area contributed by atoms with Gasteiger partial charge in [0.25, 0.3) is 0 Å². The van der Waals surface area contributed by atoms with Crippen LogP contribution >= 0.6 is 0 Å². The quantitative estimate of drug-likeness (QED) is 0.829. The van der Waals surface area contributed by atoms with Gasteiger partial charge in [0.05, 0.1) is 25.9 Å². The molecule has 2 aromatic heterocycles. The number of aromatic amines is 1. The van der Waals surface area contributed by atoms with Gasteiger partial charge in [0.2, 0.25) is 5.91 Å². The molecule has 1 fully saturated rings. The molecule has 1 unspecified atom stereocenters. The lowest BCUT2D eigenvalue weighted by molar-refractivity contribution is -0.139. The van der Waals surface area contributed by atoms with Crippen LogP contribution in [0.2, 0.25) is 0 Å². The fourth-order valence-electron chi connectivity index (χ4n) is 2.26. The predicted molar refractivity (Wildman–Crippen MR) is 71.0 cm³/mol. The van der Waals surface area contributed by atoms with Crippen LogP contribution in [0.15, 0.2) is 12.4 Å². The summed E-state index contributed by atoms with van der Waals surface area (Å²) in [5.41, 5.74) is 0. The molecule has 0 aromatic carbocycles. The van der Waals surface area contributed by atoms with Crippen LogP contribution in [0.1, 0.15) is 24.2 Å². The van der Waals surface area contributed by atoms with E-state index in [1.165, 1.54) is 0 Å². The van der Waals surface area contributed by atoms with E-state index in [0.717, 1.165) is 5.82 Å². The number of H-pyrrole nitrogens is 1. The topological polar surface area (TPSA) is 102 Å². The number of nitrogens with zero attached hydrogens (tertiary/aromatic N) is 6. The molecular weight excluding hydrogens is 274 g/mol. The summed E-state index contributed by atoms with van der Waals surface area (Å²) < 4.78 is 7.29. The molecule has 3 heterocycles. The Hall–Kier alpha value is -2.29. The van der Waals surface area contributed by atoms with Crippen LogP contribution in [0.25, 0.3) is 0 Å². The summed E-state index contributed by atoms with van der Waals surface area (Å²) in [7, 11) is 0. The molecule has 112 valence electrons. The predicted octanol–water partition coefficient (Wildman–Crippen LogP) is -0.305. The average Bonchev–Trinajstić information content (AvgIpc) is 3.16. The number of rotatable bonds is 4. The highest BCUT2D eigenvalue weighted by atomic mass is 16.5. The summed E-state index contributed by atoms with van der Waals surface area (Å²) in [6.45, 7) is 3.93. The molecule has 21 heavy (non-hydrogen) atoms. The lowest BCUT2D eigenvalue weighted by atomic mass is 10.2. The molecule has 0 radical (unpaired) electrons. The first-order valence-corrected chi connectivity index (χ1v) is 6.85. The Kier molecular flexibility index (Phi) is 3.91. The van der Waals surface area contributed by atoms with Gasteiger partial charge in [0, 0.05) is 19.2 Å². The van der Waals surface area contributed by atoms with Crippen LogP contribution in [-0.4, -0.2) is 60.7 Å². The van der Waals surface area contributed by atoms with Gasteiger partial charge in [-0.05, 0) is 6.92 Å². The minimum absolute atomic E-state index is 0.0751. The monoisotopic (exact) mass is 291 g/mol. The first-order chi connectivity index (χ1) is 10.2. The van der Waals surface area contributed by atoms with E-state index < -0.39 is 0 Å². The van der Waals surface area contributed by atoms with Crippen molar-refractivity contribution in [3.8, 4) is 0 Å². The third kappa shape index (κ3) is 3.24. The van der Waals surface area contributed by atoms with Gasteiger partial charge < -0.3 is 9.64 Å². The smallest absolute Gasteiger partial charge is 0.224 e. The average molecular weight is 291 g/mol. The molecule has 0 spiro atoms. The van der Waals surface area contributed by atoms with E-state index in [0.29, 0.717) is 38.5 Å². The van der Waals surface area contributed by atoms with Gasteiger partial charge in [-0.25, -0.2) is 4.98 Å². The van der Waals surface area contributed by atoms with Crippen LogP contribution < -0.4 is 0 Å². The van der Waals surface area contributed by atoms with Gasteiger partial charge in [0.15, 0.2) is 5.82 Å². The Morgan fingerprint density at radius 2 is 2.48 bits per heavy atom. The Labute approximate surface area is 121 Å². The largest absolute Gasteiger partial charge is 0.366 e. The number of aromatic nitrogens is 6. The minimum Gasteiger partial charge on any atom is -0.366 e. The lowest BCUT2D eigenvalue weighted by Crippen LogP contribution is -2.42. The number of nitrogens with one attached hydrogen (secondary N) is 1. The number of aryl methyl sites for hydroxylation is 2. The van der Waals surface area contributed by atoms with Crippen molar-refractivity contribution >= 4 is 5.91 Å². The summed E-state index contributed by atoms with van der Waals surface area (Å²) in [4.78, 5) is 18.3. The zero-order valence-corrected chi connectivity index (χ0v) is 11.8. The number of hydrogen-bond acceptors (Lipinski definition) is 6. The second-order valence-electron chi connectivity index (χ2n) is 4.89. The van der Waals surface area contributed by atoms with Gasteiger partial charge in [-0.2, -0.15) is 5.10 Å². The molecule has 1 aliphatic heterocycles. The molecular formula is C12H17N7O2. The van der Waals surface area contributed by atoms with Gasteiger partial charge in [-0.1, -0.05) is 5.21 Å². The van der Waals surface area contributed by atoms with E-state index in [9.17, 15) is 4.79 Å². The number of morpholine rings is 1. The van der Waals surface area contributed by atoms with Crippen LogP contribution in [0.5, 0.6) is 0 Å². The molecule has 1 aliphatic rings. The highest BCUT2D eigenvalue weighted by molar-refractivity contribution is 5.76. The van der Waals surface area contributed by atoms with E-state index in [2.05, 4.69) is 25.5 Å². The second kappa shape index (κ2) is 6.00. The Bertz CT molecular complexity index is 595. The van der Waals surface area contributed by atoms with Gasteiger partial charge >= 0.3 is 0 Å².